The molecule has 2 aromatic heterocycles. The van der Waals surface area contributed by atoms with Gasteiger partial charge in [0.1, 0.15) is 0 Å². The first-order valence-electron chi connectivity index (χ1n) is 6.06. The lowest BCUT2D eigenvalue weighted by atomic mass is 9.67. The van der Waals surface area contributed by atoms with Crippen LogP contribution in [0.25, 0.3) is 0 Å². The van der Waals surface area contributed by atoms with Crippen molar-refractivity contribution in [3.63, 3.8) is 0 Å². The zero-order valence-electron chi connectivity index (χ0n) is 10.3. The highest BCUT2D eigenvalue weighted by molar-refractivity contribution is 7.12. The summed E-state index contributed by atoms with van der Waals surface area (Å²) in [5.41, 5.74) is 0. The van der Waals surface area contributed by atoms with Crippen LogP contribution in [0.4, 0.5) is 0 Å². The highest BCUT2D eigenvalue weighted by atomic mass is 32.1. The molecular weight excluding hydrogens is 264 g/mol. The fourth-order valence-corrected chi connectivity index (χ4v) is 4.76. The molecule has 1 aliphatic rings. The molecule has 2 nitrogen and oxygen atoms in total. The number of hydrogen-bond donors (Lipinski definition) is 2. The quantitative estimate of drug-likeness (QED) is 0.887. The average Bonchev–Trinajstić information content (AvgIpc) is 2.89. The molecule has 96 valence electrons. The number of aliphatic hydroxyl groups is 2. The second-order valence-electron chi connectivity index (χ2n) is 4.93. The Balaban J connectivity index is 1.83. The van der Waals surface area contributed by atoms with E-state index in [0.29, 0.717) is 0 Å². The van der Waals surface area contributed by atoms with E-state index in [0.717, 1.165) is 9.75 Å². The highest BCUT2D eigenvalue weighted by Crippen LogP contribution is 2.50. The van der Waals surface area contributed by atoms with E-state index in [-0.39, 0.29) is 11.8 Å². The monoisotopic (exact) mass is 280 g/mol. The van der Waals surface area contributed by atoms with Crippen LogP contribution in [-0.4, -0.2) is 22.4 Å². The Morgan fingerprint density at radius 2 is 1.17 bits per heavy atom. The van der Waals surface area contributed by atoms with Crippen molar-refractivity contribution in [2.45, 2.75) is 37.9 Å². The molecule has 2 N–H and O–H groups in total. The van der Waals surface area contributed by atoms with Crippen LogP contribution >= 0.6 is 22.7 Å². The first kappa shape index (κ1) is 12.4. The molecule has 1 saturated carbocycles. The van der Waals surface area contributed by atoms with Gasteiger partial charge >= 0.3 is 0 Å². The molecule has 1 aliphatic carbocycles. The predicted molar refractivity (Wildman–Crippen MR) is 75.6 cm³/mol. The molecule has 0 spiro atoms. The molecule has 2 aromatic rings. The molecule has 0 bridgehead atoms. The summed E-state index contributed by atoms with van der Waals surface area (Å²) in [4.78, 5) is 4.63. The van der Waals surface area contributed by atoms with E-state index in [1.165, 1.54) is 9.75 Å². The van der Waals surface area contributed by atoms with E-state index in [9.17, 15) is 10.2 Å². The van der Waals surface area contributed by atoms with E-state index in [2.05, 4.69) is 0 Å². The molecule has 0 aliphatic heterocycles. The minimum Gasteiger partial charge on any atom is -0.392 e. The Morgan fingerprint density at radius 1 is 0.778 bits per heavy atom. The van der Waals surface area contributed by atoms with Gasteiger partial charge in [0.15, 0.2) is 0 Å². The SMILES string of the molecule is Cc1ccc(C2C(O)C(c3ccc(C)s3)C2O)s1. The number of aliphatic hydroxyl groups excluding tert-OH is 2. The summed E-state index contributed by atoms with van der Waals surface area (Å²) in [6, 6.07) is 8.13. The first-order chi connectivity index (χ1) is 8.58. The van der Waals surface area contributed by atoms with Crippen molar-refractivity contribution >= 4 is 22.7 Å². The fraction of sp³-hybridized carbons (Fsp3) is 0.429. The number of rotatable bonds is 2. The average molecular weight is 280 g/mol. The van der Waals surface area contributed by atoms with Gasteiger partial charge in [0, 0.05) is 31.3 Å². The smallest absolute Gasteiger partial charge is 0.0743 e. The zero-order chi connectivity index (χ0) is 12.9. The van der Waals surface area contributed by atoms with Gasteiger partial charge in [-0.2, -0.15) is 0 Å². The second kappa shape index (κ2) is 4.46. The first-order valence-corrected chi connectivity index (χ1v) is 7.70. The summed E-state index contributed by atoms with van der Waals surface area (Å²) in [7, 11) is 0. The Labute approximate surface area is 115 Å². The van der Waals surface area contributed by atoms with Gasteiger partial charge in [-0.25, -0.2) is 0 Å². The summed E-state index contributed by atoms with van der Waals surface area (Å²) in [5.74, 6) is -0.229. The predicted octanol–water partition coefficient (Wildman–Crippen LogP) is 3.03. The summed E-state index contributed by atoms with van der Waals surface area (Å²) >= 11 is 3.33. The van der Waals surface area contributed by atoms with Gasteiger partial charge < -0.3 is 10.2 Å². The van der Waals surface area contributed by atoms with Crippen molar-refractivity contribution < 1.29 is 10.2 Å². The maximum absolute atomic E-state index is 10.3. The molecule has 0 amide bonds. The molecule has 0 unspecified atom stereocenters. The number of thiophene rings is 2. The zero-order valence-corrected chi connectivity index (χ0v) is 12.0. The highest BCUT2D eigenvalue weighted by Gasteiger charge is 2.51. The molecule has 3 rings (SSSR count). The van der Waals surface area contributed by atoms with Crippen molar-refractivity contribution in [2.75, 3.05) is 0 Å². The van der Waals surface area contributed by atoms with Crippen LogP contribution in [0, 0.1) is 13.8 Å². The van der Waals surface area contributed by atoms with Crippen molar-refractivity contribution in [2.24, 2.45) is 0 Å². The van der Waals surface area contributed by atoms with Crippen LogP contribution in [0.5, 0.6) is 0 Å². The van der Waals surface area contributed by atoms with Gasteiger partial charge in [0.2, 0.25) is 0 Å². The van der Waals surface area contributed by atoms with E-state index in [1.54, 1.807) is 22.7 Å². The van der Waals surface area contributed by atoms with Gasteiger partial charge in [-0.15, -0.1) is 22.7 Å². The minimum atomic E-state index is -0.462. The molecule has 18 heavy (non-hydrogen) atoms. The third kappa shape index (κ3) is 1.84. The Morgan fingerprint density at radius 3 is 1.44 bits per heavy atom. The third-order valence-corrected chi connectivity index (χ3v) is 5.86. The summed E-state index contributed by atoms with van der Waals surface area (Å²) < 4.78 is 0. The molecular formula is C14H16O2S2. The van der Waals surface area contributed by atoms with E-state index in [4.69, 9.17) is 0 Å². The number of hydrogen-bond acceptors (Lipinski definition) is 4. The van der Waals surface area contributed by atoms with Crippen molar-refractivity contribution in [3.8, 4) is 0 Å². The van der Waals surface area contributed by atoms with Crippen molar-refractivity contribution in [3.05, 3.63) is 43.8 Å². The molecule has 0 saturated heterocycles. The molecule has 0 atom stereocenters. The van der Waals surface area contributed by atoms with Crippen molar-refractivity contribution in [1.29, 1.82) is 0 Å². The van der Waals surface area contributed by atoms with Crippen LogP contribution in [0.3, 0.4) is 0 Å². The topological polar surface area (TPSA) is 40.5 Å². The van der Waals surface area contributed by atoms with Crippen LogP contribution in [0.2, 0.25) is 0 Å². The standard InChI is InChI=1S/C14H16O2S2/c1-7-3-5-9(17-7)11-13(15)12(14(11)16)10-6-4-8(2)18-10/h3-6,11-16H,1-2H3. The van der Waals surface area contributed by atoms with Gasteiger partial charge in [-0.3, -0.25) is 0 Å². The van der Waals surface area contributed by atoms with Crippen LogP contribution in [0.15, 0.2) is 24.3 Å². The van der Waals surface area contributed by atoms with E-state index < -0.39 is 12.2 Å². The van der Waals surface area contributed by atoms with Crippen LogP contribution < -0.4 is 0 Å². The maximum atomic E-state index is 10.3. The lowest BCUT2D eigenvalue weighted by Gasteiger charge is -2.45. The summed E-state index contributed by atoms with van der Waals surface area (Å²) in [6.45, 7) is 4.09. The third-order valence-electron chi connectivity index (χ3n) is 3.65. The van der Waals surface area contributed by atoms with Gasteiger partial charge in [0.25, 0.3) is 0 Å². The van der Waals surface area contributed by atoms with Gasteiger partial charge in [0.05, 0.1) is 12.2 Å². The van der Waals surface area contributed by atoms with Crippen molar-refractivity contribution in [1.82, 2.24) is 0 Å². The minimum absolute atomic E-state index is 0.115. The van der Waals surface area contributed by atoms with Crippen LogP contribution in [-0.2, 0) is 0 Å². The molecule has 1 fully saturated rings. The van der Waals surface area contributed by atoms with Gasteiger partial charge in [-0.1, -0.05) is 0 Å². The normalized spacial score (nSPS) is 31.3. The van der Waals surface area contributed by atoms with E-state index >= 15 is 0 Å². The van der Waals surface area contributed by atoms with E-state index in [1.807, 2.05) is 38.1 Å². The van der Waals surface area contributed by atoms with Crippen LogP contribution in [0.1, 0.15) is 31.3 Å². The largest absolute Gasteiger partial charge is 0.392 e. The molecule has 4 heteroatoms. The summed E-state index contributed by atoms with van der Waals surface area (Å²) in [5, 5.41) is 20.6. The summed E-state index contributed by atoms with van der Waals surface area (Å²) in [6.07, 6.45) is -0.924. The molecule has 2 heterocycles. The number of aryl methyl sites for hydroxylation is 2. The lowest BCUT2D eigenvalue weighted by molar-refractivity contribution is -0.0760. The Hall–Kier alpha value is -0.680. The second-order valence-corrected chi connectivity index (χ2v) is 7.57. The molecule has 0 aromatic carbocycles. The Kier molecular flexibility index (Phi) is 3.06. The Bertz CT molecular complexity index is 499. The fourth-order valence-electron chi connectivity index (χ4n) is 2.64. The molecule has 0 radical (unpaired) electrons. The van der Waals surface area contributed by atoms with Gasteiger partial charge in [-0.05, 0) is 38.1 Å². The maximum Gasteiger partial charge on any atom is 0.0743 e. The lowest BCUT2D eigenvalue weighted by Crippen LogP contribution is -2.51.